The third-order valence-corrected chi connectivity index (χ3v) is 4.49. The highest BCUT2D eigenvalue weighted by atomic mass is 35.5. The van der Waals surface area contributed by atoms with Crippen molar-refractivity contribution in [3.05, 3.63) is 58.7 Å². The van der Waals surface area contributed by atoms with Crippen LogP contribution in [0.15, 0.2) is 41.5 Å². The molecule has 0 aromatic heterocycles. The van der Waals surface area contributed by atoms with Crippen molar-refractivity contribution in [2.75, 3.05) is 0 Å². The van der Waals surface area contributed by atoms with Crippen LogP contribution in [0.25, 0.3) is 0 Å². The van der Waals surface area contributed by atoms with Crippen molar-refractivity contribution in [1.29, 1.82) is 0 Å². The number of hydrogen-bond acceptors (Lipinski definition) is 3. The predicted molar refractivity (Wildman–Crippen MR) is 94.8 cm³/mol. The Kier molecular flexibility index (Phi) is 7.47. The van der Waals surface area contributed by atoms with Crippen LogP contribution in [0.3, 0.4) is 0 Å². The molecule has 3 atom stereocenters. The van der Waals surface area contributed by atoms with E-state index in [4.69, 9.17) is 23.2 Å². The standard InChI is InChI=1S/C17H10Cl2F8N2O3/c18-7-4-5-15(19,32-17(26,27)13(22)16(23,24)25)10(6-7)28-14(31)29-12(30)11-8(20)2-1-3-9(11)21/h1-6,10,13H,(H2,28,29,30,31). The maximum Gasteiger partial charge on any atom is 0.428 e. The van der Waals surface area contributed by atoms with Gasteiger partial charge in [-0.15, -0.1) is 0 Å². The summed E-state index contributed by atoms with van der Waals surface area (Å²) in [4.78, 5) is 24.0. The average Bonchev–Trinajstić information content (AvgIpc) is 2.63. The van der Waals surface area contributed by atoms with Crippen LogP contribution in [0, 0.1) is 11.6 Å². The number of benzene rings is 1. The molecule has 2 rings (SSSR count). The van der Waals surface area contributed by atoms with E-state index in [2.05, 4.69) is 4.74 Å². The van der Waals surface area contributed by atoms with E-state index in [0.717, 1.165) is 18.2 Å². The van der Waals surface area contributed by atoms with E-state index in [1.165, 1.54) is 5.32 Å². The summed E-state index contributed by atoms with van der Waals surface area (Å²) in [7, 11) is 0. The van der Waals surface area contributed by atoms with E-state index in [1.54, 1.807) is 5.32 Å². The molecule has 3 unspecified atom stereocenters. The largest absolute Gasteiger partial charge is 0.428 e. The molecule has 1 aromatic rings. The van der Waals surface area contributed by atoms with E-state index in [9.17, 15) is 44.7 Å². The van der Waals surface area contributed by atoms with E-state index in [-0.39, 0.29) is 5.03 Å². The molecule has 0 heterocycles. The quantitative estimate of drug-likeness (QED) is 0.435. The fraction of sp³-hybridized carbons (Fsp3) is 0.294. The number of carbonyl (C=O) groups is 2. The number of hydrogen-bond donors (Lipinski definition) is 2. The molecule has 32 heavy (non-hydrogen) atoms. The molecule has 2 N–H and O–H groups in total. The minimum absolute atomic E-state index is 0.266. The van der Waals surface area contributed by atoms with Gasteiger partial charge in [-0.25, -0.2) is 18.0 Å². The Bertz CT molecular complexity index is 949. The molecule has 0 radical (unpaired) electrons. The second-order valence-corrected chi connectivity index (χ2v) is 7.18. The number of urea groups is 1. The van der Waals surface area contributed by atoms with E-state index in [0.29, 0.717) is 18.2 Å². The second kappa shape index (κ2) is 9.24. The Morgan fingerprint density at radius 2 is 1.69 bits per heavy atom. The Hall–Kier alpha value is -2.38. The van der Waals surface area contributed by atoms with E-state index in [1.807, 2.05) is 0 Å². The minimum atomic E-state index is -6.01. The number of alkyl halides is 7. The van der Waals surface area contributed by atoms with Gasteiger partial charge < -0.3 is 5.32 Å². The lowest BCUT2D eigenvalue weighted by Gasteiger charge is -2.37. The van der Waals surface area contributed by atoms with Crippen molar-refractivity contribution in [3.63, 3.8) is 0 Å². The van der Waals surface area contributed by atoms with Crippen LogP contribution in [0.5, 0.6) is 0 Å². The van der Waals surface area contributed by atoms with Crippen LogP contribution >= 0.6 is 23.2 Å². The summed E-state index contributed by atoms with van der Waals surface area (Å²) in [6.45, 7) is 0. The average molecular weight is 513 g/mol. The zero-order chi connectivity index (χ0) is 24.5. The van der Waals surface area contributed by atoms with Gasteiger partial charge in [0, 0.05) is 5.03 Å². The summed E-state index contributed by atoms with van der Waals surface area (Å²) in [5.41, 5.74) is -1.16. The lowest BCUT2D eigenvalue weighted by molar-refractivity contribution is -0.350. The molecule has 176 valence electrons. The summed E-state index contributed by atoms with van der Waals surface area (Å²) >= 11 is 11.4. The van der Waals surface area contributed by atoms with Gasteiger partial charge in [0.05, 0.1) is 6.04 Å². The first-order chi connectivity index (χ1) is 14.6. The lowest BCUT2D eigenvalue weighted by Crippen LogP contribution is -2.57. The molecule has 1 aromatic carbocycles. The lowest BCUT2D eigenvalue weighted by atomic mass is 10.0. The Balaban J connectivity index is 2.21. The van der Waals surface area contributed by atoms with E-state index < -0.39 is 58.7 Å². The van der Waals surface area contributed by atoms with Gasteiger partial charge in [0.25, 0.3) is 12.1 Å². The maximum absolute atomic E-state index is 13.7. The maximum atomic E-state index is 13.7. The Labute approximate surface area is 184 Å². The van der Waals surface area contributed by atoms with Crippen molar-refractivity contribution in [2.45, 2.75) is 29.6 Å². The molecule has 0 saturated carbocycles. The Morgan fingerprint density at radius 1 is 1.12 bits per heavy atom. The fourth-order valence-corrected chi connectivity index (χ4v) is 2.84. The van der Waals surface area contributed by atoms with Crippen molar-refractivity contribution < 1.29 is 49.4 Å². The summed E-state index contributed by atoms with van der Waals surface area (Å²) in [6.07, 6.45) is -14.3. The van der Waals surface area contributed by atoms with Gasteiger partial charge in [-0.05, 0) is 30.4 Å². The van der Waals surface area contributed by atoms with Gasteiger partial charge in [0.2, 0.25) is 0 Å². The fourth-order valence-electron chi connectivity index (χ4n) is 2.37. The first-order valence-corrected chi connectivity index (χ1v) is 8.92. The van der Waals surface area contributed by atoms with Gasteiger partial charge in [-0.2, -0.15) is 22.0 Å². The van der Waals surface area contributed by atoms with Crippen LogP contribution in [0.4, 0.5) is 39.9 Å². The summed E-state index contributed by atoms with van der Waals surface area (Å²) in [5, 5.41) is -0.0546. The minimum Gasteiger partial charge on any atom is -0.327 e. The highest BCUT2D eigenvalue weighted by Gasteiger charge is 2.61. The summed E-state index contributed by atoms with van der Waals surface area (Å²) in [5.74, 6) is -4.27. The molecule has 5 nitrogen and oxygen atoms in total. The number of rotatable bonds is 5. The molecular weight excluding hydrogens is 503 g/mol. The molecule has 0 bridgehead atoms. The molecule has 15 heteroatoms. The third kappa shape index (κ3) is 5.90. The molecule has 1 aliphatic carbocycles. The van der Waals surface area contributed by atoms with Crippen molar-refractivity contribution in [1.82, 2.24) is 10.6 Å². The number of allylic oxidation sites excluding steroid dienone is 2. The summed E-state index contributed by atoms with van der Waals surface area (Å²) < 4.78 is 109. The number of halogens is 10. The van der Waals surface area contributed by atoms with Gasteiger partial charge in [0.1, 0.15) is 17.2 Å². The molecule has 3 amide bonds. The molecule has 0 fully saturated rings. The van der Waals surface area contributed by atoms with Gasteiger partial charge in [-0.1, -0.05) is 29.3 Å². The Morgan fingerprint density at radius 3 is 2.22 bits per heavy atom. The smallest absolute Gasteiger partial charge is 0.327 e. The monoisotopic (exact) mass is 512 g/mol. The van der Waals surface area contributed by atoms with Crippen LogP contribution in [-0.2, 0) is 4.74 Å². The van der Waals surface area contributed by atoms with Crippen molar-refractivity contribution in [2.24, 2.45) is 0 Å². The first-order valence-electron chi connectivity index (χ1n) is 8.17. The molecule has 0 aliphatic heterocycles. The van der Waals surface area contributed by atoms with Gasteiger partial charge in [0.15, 0.2) is 5.06 Å². The highest BCUT2D eigenvalue weighted by molar-refractivity contribution is 6.32. The van der Waals surface area contributed by atoms with Crippen LogP contribution in [0.1, 0.15) is 10.4 Å². The molecule has 0 spiro atoms. The molecule has 1 aliphatic rings. The van der Waals surface area contributed by atoms with Crippen molar-refractivity contribution >= 4 is 35.1 Å². The van der Waals surface area contributed by atoms with Gasteiger partial charge >= 0.3 is 18.3 Å². The zero-order valence-electron chi connectivity index (χ0n) is 15.1. The van der Waals surface area contributed by atoms with Crippen LogP contribution in [-0.4, -0.2) is 41.5 Å². The number of amides is 3. The third-order valence-electron chi connectivity index (χ3n) is 3.80. The second-order valence-electron chi connectivity index (χ2n) is 6.15. The topological polar surface area (TPSA) is 67.4 Å². The number of nitrogens with one attached hydrogen (secondary N) is 2. The number of carbonyl (C=O) groups excluding carboxylic acids is 2. The zero-order valence-corrected chi connectivity index (χ0v) is 16.6. The number of imide groups is 1. The molecule has 0 saturated heterocycles. The number of ether oxygens (including phenoxy) is 1. The summed E-state index contributed by atoms with van der Waals surface area (Å²) in [6, 6.07) is -1.23. The van der Waals surface area contributed by atoms with Gasteiger partial charge in [-0.3, -0.25) is 14.8 Å². The predicted octanol–water partition coefficient (Wildman–Crippen LogP) is 4.91. The van der Waals surface area contributed by atoms with Crippen LogP contribution < -0.4 is 10.6 Å². The molecular formula is C17H10Cl2F8N2O3. The normalized spacial score (nSPS) is 22.2. The first kappa shape index (κ1) is 25.9. The SMILES string of the molecule is O=C(NC(=O)c1c(F)cccc1F)NC1C=C(Cl)C=CC1(Cl)OC(F)(F)C(F)C(F)(F)F. The van der Waals surface area contributed by atoms with Crippen molar-refractivity contribution in [3.8, 4) is 0 Å². The highest BCUT2D eigenvalue weighted by Crippen LogP contribution is 2.42. The van der Waals surface area contributed by atoms with E-state index >= 15 is 0 Å². The van der Waals surface area contributed by atoms with Crippen LogP contribution in [0.2, 0.25) is 0 Å².